The van der Waals surface area contributed by atoms with Gasteiger partial charge in [0.15, 0.2) is 0 Å². The Hall–Kier alpha value is -1.32. The average Bonchev–Trinajstić information content (AvgIpc) is 2.84. The molecular formula is C31H58O4. The number of carboxylic acid groups (broad SMARTS) is 1. The molecule has 0 spiro atoms. The number of carbonyl (C=O) groups excluding carboxylic acids is 1. The second-order valence-corrected chi connectivity index (χ2v) is 10.3. The molecule has 0 saturated carbocycles. The zero-order valence-electron chi connectivity index (χ0n) is 23.4. The Bertz CT molecular complexity index is 500. The number of esters is 1. The lowest BCUT2D eigenvalue weighted by molar-refractivity contribution is -0.151. The van der Waals surface area contributed by atoms with Crippen LogP contribution in [0.3, 0.4) is 0 Å². The standard InChI is InChI=1S/C31H58O4/c1-3-5-6-7-8-9-10-11-12-13-14-15-16-17-18-19-20-21-22-23-24-25-26-29(31(33)34)28-30(32)35-27-4-2/h18-19,29H,3-17,20-28H2,1-2H3,(H,33,34)/b19-18+. The fourth-order valence-electron chi connectivity index (χ4n) is 4.49. The van der Waals surface area contributed by atoms with Gasteiger partial charge in [0.1, 0.15) is 0 Å². The molecule has 0 radical (unpaired) electrons. The molecule has 1 atom stereocenters. The van der Waals surface area contributed by atoms with E-state index in [1.54, 1.807) is 0 Å². The van der Waals surface area contributed by atoms with Gasteiger partial charge >= 0.3 is 11.9 Å². The summed E-state index contributed by atoms with van der Waals surface area (Å²) in [5.74, 6) is -1.87. The fourth-order valence-corrected chi connectivity index (χ4v) is 4.49. The van der Waals surface area contributed by atoms with Gasteiger partial charge in [0.05, 0.1) is 18.9 Å². The number of allylic oxidation sites excluding steroid dienone is 2. The minimum atomic E-state index is -0.882. The van der Waals surface area contributed by atoms with Gasteiger partial charge in [0, 0.05) is 0 Å². The van der Waals surface area contributed by atoms with Crippen LogP contribution in [0.1, 0.15) is 162 Å². The van der Waals surface area contributed by atoms with Crippen LogP contribution in [0.25, 0.3) is 0 Å². The maximum absolute atomic E-state index is 11.6. The van der Waals surface area contributed by atoms with Gasteiger partial charge in [-0.1, -0.05) is 129 Å². The number of ether oxygens (including phenoxy) is 1. The Morgan fingerprint density at radius 2 is 1.06 bits per heavy atom. The highest BCUT2D eigenvalue weighted by Gasteiger charge is 2.21. The molecule has 0 aliphatic heterocycles. The summed E-state index contributed by atoms with van der Waals surface area (Å²) < 4.78 is 5.02. The van der Waals surface area contributed by atoms with Gasteiger partial charge in [-0.25, -0.2) is 0 Å². The molecule has 0 rings (SSSR count). The molecule has 0 aromatic carbocycles. The van der Waals surface area contributed by atoms with Crippen LogP contribution in [-0.2, 0) is 14.3 Å². The molecule has 0 bridgehead atoms. The Kier molecular flexibility index (Phi) is 26.2. The predicted molar refractivity (Wildman–Crippen MR) is 149 cm³/mol. The van der Waals surface area contributed by atoms with Crippen molar-refractivity contribution >= 4 is 11.9 Å². The molecule has 0 heterocycles. The lowest BCUT2D eigenvalue weighted by atomic mass is 9.97. The largest absolute Gasteiger partial charge is 0.481 e. The third kappa shape index (κ3) is 25.6. The summed E-state index contributed by atoms with van der Waals surface area (Å²) in [6.07, 6.45) is 32.1. The van der Waals surface area contributed by atoms with Crippen molar-refractivity contribution in [2.75, 3.05) is 6.61 Å². The molecule has 0 aliphatic carbocycles. The molecule has 0 saturated heterocycles. The lowest BCUT2D eigenvalue weighted by Gasteiger charge is -2.11. The summed E-state index contributed by atoms with van der Waals surface area (Å²) in [6, 6.07) is 0. The summed E-state index contributed by atoms with van der Waals surface area (Å²) in [5.41, 5.74) is 0. The van der Waals surface area contributed by atoms with Gasteiger partial charge in [0.25, 0.3) is 0 Å². The molecule has 1 N–H and O–H groups in total. The van der Waals surface area contributed by atoms with Crippen LogP contribution in [0.15, 0.2) is 12.2 Å². The first-order valence-corrected chi connectivity index (χ1v) is 15.1. The molecule has 206 valence electrons. The van der Waals surface area contributed by atoms with E-state index in [0.29, 0.717) is 13.0 Å². The minimum Gasteiger partial charge on any atom is -0.481 e. The van der Waals surface area contributed by atoms with Gasteiger partial charge in [-0.2, -0.15) is 0 Å². The van der Waals surface area contributed by atoms with Crippen molar-refractivity contribution in [3.63, 3.8) is 0 Å². The number of hydrogen-bond donors (Lipinski definition) is 1. The summed E-state index contributed by atoms with van der Waals surface area (Å²) >= 11 is 0. The van der Waals surface area contributed by atoms with Crippen molar-refractivity contribution < 1.29 is 19.4 Å². The molecule has 0 fully saturated rings. The summed E-state index contributed by atoms with van der Waals surface area (Å²) in [7, 11) is 0. The van der Waals surface area contributed by atoms with Gasteiger partial charge in [-0.05, 0) is 38.5 Å². The monoisotopic (exact) mass is 494 g/mol. The SMILES string of the molecule is CCCCCCCCCCCCCCC/C=C/CCCCCCCC(CC(=O)OCCC)C(=O)O. The smallest absolute Gasteiger partial charge is 0.307 e. The number of carbonyl (C=O) groups is 2. The molecule has 4 heteroatoms. The molecule has 0 aromatic rings. The zero-order chi connectivity index (χ0) is 25.8. The number of unbranched alkanes of at least 4 members (excludes halogenated alkanes) is 18. The fraction of sp³-hybridized carbons (Fsp3) is 0.871. The van der Waals surface area contributed by atoms with E-state index < -0.39 is 11.9 Å². The third-order valence-electron chi connectivity index (χ3n) is 6.79. The number of aliphatic carboxylic acids is 1. The highest BCUT2D eigenvalue weighted by Crippen LogP contribution is 2.17. The van der Waals surface area contributed by atoms with Crippen LogP contribution in [-0.4, -0.2) is 23.7 Å². The first-order chi connectivity index (χ1) is 17.1. The first kappa shape index (κ1) is 33.7. The highest BCUT2D eigenvalue weighted by atomic mass is 16.5. The van der Waals surface area contributed by atoms with Gasteiger partial charge in [-0.3, -0.25) is 9.59 Å². The minimum absolute atomic E-state index is 0.000613. The van der Waals surface area contributed by atoms with E-state index in [1.807, 2.05) is 6.92 Å². The van der Waals surface area contributed by atoms with Crippen molar-refractivity contribution in [2.45, 2.75) is 162 Å². The van der Waals surface area contributed by atoms with Crippen LogP contribution in [0.2, 0.25) is 0 Å². The Morgan fingerprint density at radius 3 is 1.49 bits per heavy atom. The van der Waals surface area contributed by atoms with Gasteiger partial charge in [0.2, 0.25) is 0 Å². The second-order valence-electron chi connectivity index (χ2n) is 10.3. The lowest BCUT2D eigenvalue weighted by Crippen LogP contribution is -2.19. The van der Waals surface area contributed by atoms with E-state index in [9.17, 15) is 14.7 Å². The zero-order valence-corrected chi connectivity index (χ0v) is 23.4. The highest BCUT2D eigenvalue weighted by molar-refractivity contribution is 5.78. The molecule has 0 amide bonds. The quantitative estimate of drug-likeness (QED) is 0.0701. The van der Waals surface area contributed by atoms with Crippen LogP contribution in [0.5, 0.6) is 0 Å². The maximum atomic E-state index is 11.6. The van der Waals surface area contributed by atoms with Crippen LogP contribution in [0, 0.1) is 5.92 Å². The topological polar surface area (TPSA) is 63.6 Å². The van der Waals surface area contributed by atoms with E-state index in [-0.39, 0.29) is 12.4 Å². The maximum Gasteiger partial charge on any atom is 0.307 e. The Balaban J connectivity index is 3.40. The summed E-state index contributed by atoms with van der Waals surface area (Å²) in [5, 5.41) is 9.30. The van der Waals surface area contributed by atoms with Gasteiger partial charge in [-0.15, -0.1) is 0 Å². The van der Waals surface area contributed by atoms with E-state index in [4.69, 9.17) is 4.74 Å². The molecule has 0 aliphatic rings. The van der Waals surface area contributed by atoms with Crippen molar-refractivity contribution in [3.8, 4) is 0 Å². The number of hydrogen-bond acceptors (Lipinski definition) is 3. The van der Waals surface area contributed by atoms with Crippen molar-refractivity contribution in [1.29, 1.82) is 0 Å². The molecular weight excluding hydrogens is 436 g/mol. The average molecular weight is 495 g/mol. The van der Waals surface area contributed by atoms with E-state index in [2.05, 4.69) is 19.1 Å². The summed E-state index contributed by atoms with van der Waals surface area (Å²) in [4.78, 5) is 23.0. The van der Waals surface area contributed by atoms with E-state index in [0.717, 1.165) is 32.1 Å². The van der Waals surface area contributed by atoms with Crippen molar-refractivity contribution in [2.24, 2.45) is 5.92 Å². The predicted octanol–water partition coefficient (Wildman–Crippen LogP) is 9.80. The first-order valence-electron chi connectivity index (χ1n) is 15.1. The normalized spacial score (nSPS) is 12.3. The molecule has 0 aromatic heterocycles. The van der Waals surface area contributed by atoms with E-state index >= 15 is 0 Å². The van der Waals surface area contributed by atoms with Crippen LogP contribution in [0.4, 0.5) is 0 Å². The number of rotatable bonds is 27. The Labute approximate surface area is 217 Å². The summed E-state index contributed by atoms with van der Waals surface area (Å²) in [6.45, 7) is 4.58. The third-order valence-corrected chi connectivity index (χ3v) is 6.79. The van der Waals surface area contributed by atoms with Gasteiger partial charge < -0.3 is 9.84 Å². The molecule has 1 unspecified atom stereocenters. The molecule has 4 nitrogen and oxygen atoms in total. The van der Waals surface area contributed by atoms with Crippen molar-refractivity contribution in [1.82, 2.24) is 0 Å². The molecule has 35 heavy (non-hydrogen) atoms. The Morgan fingerprint density at radius 1 is 0.629 bits per heavy atom. The van der Waals surface area contributed by atoms with Crippen molar-refractivity contribution in [3.05, 3.63) is 12.2 Å². The number of carboxylic acids is 1. The van der Waals surface area contributed by atoms with E-state index in [1.165, 1.54) is 103 Å². The second kappa shape index (κ2) is 27.3. The van der Waals surface area contributed by atoms with Crippen LogP contribution < -0.4 is 0 Å². The van der Waals surface area contributed by atoms with Crippen LogP contribution >= 0.6 is 0 Å².